The smallest absolute Gasteiger partial charge is 0.123 e. The second-order valence-electron chi connectivity index (χ2n) is 5.77. The summed E-state index contributed by atoms with van der Waals surface area (Å²) in [4.78, 5) is 4.06. The van der Waals surface area contributed by atoms with Gasteiger partial charge in [0.25, 0.3) is 0 Å². The van der Waals surface area contributed by atoms with Crippen LogP contribution in [0.2, 0.25) is 0 Å². The summed E-state index contributed by atoms with van der Waals surface area (Å²) < 4.78 is 5.92. The summed E-state index contributed by atoms with van der Waals surface area (Å²) in [6.07, 6.45) is 7.09. The maximum atomic E-state index is 5.92. The van der Waals surface area contributed by atoms with Crippen molar-refractivity contribution in [2.45, 2.75) is 52.2 Å². The van der Waals surface area contributed by atoms with Gasteiger partial charge in [-0.25, -0.2) is 4.98 Å². The normalized spacial score (nSPS) is 20.4. The quantitative estimate of drug-likeness (QED) is 0.874. The highest BCUT2D eigenvalue weighted by molar-refractivity contribution is 5.28. The number of ether oxygens (including phenoxy) is 1. The van der Waals surface area contributed by atoms with E-state index in [0.29, 0.717) is 23.9 Å². The average molecular weight is 234 g/mol. The molecule has 94 valence electrons. The Morgan fingerprint density at radius 2 is 2.06 bits per heavy atom. The molecule has 3 heteroatoms. The fourth-order valence-electron chi connectivity index (χ4n) is 2.27. The summed E-state index contributed by atoms with van der Waals surface area (Å²) in [5, 5.41) is 0. The zero-order chi connectivity index (χ0) is 12.3. The Labute approximate surface area is 103 Å². The van der Waals surface area contributed by atoms with Gasteiger partial charge in [-0.1, -0.05) is 19.9 Å². The van der Waals surface area contributed by atoms with Crippen molar-refractivity contribution in [1.82, 2.24) is 4.98 Å². The number of nitrogen functional groups attached to an aromatic ring is 1. The molecule has 0 unspecified atom stereocenters. The molecule has 3 nitrogen and oxygen atoms in total. The van der Waals surface area contributed by atoms with Gasteiger partial charge in [-0.2, -0.15) is 0 Å². The first-order chi connectivity index (χ1) is 8.05. The molecule has 1 aliphatic carbocycles. The van der Waals surface area contributed by atoms with Crippen LogP contribution in [0.3, 0.4) is 0 Å². The van der Waals surface area contributed by atoms with Gasteiger partial charge in [0.1, 0.15) is 5.82 Å². The Bertz CT molecular complexity index is 349. The lowest BCUT2D eigenvalue weighted by molar-refractivity contribution is -0.00567. The summed E-state index contributed by atoms with van der Waals surface area (Å²) in [5.74, 6) is 0.563. The minimum Gasteiger partial charge on any atom is -0.384 e. The Morgan fingerprint density at radius 3 is 2.65 bits per heavy atom. The first-order valence-corrected chi connectivity index (χ1v) is 6.37. The average Bonchev–Trinajstić information content (AvgIpc) is 2.30. The molecule has 1 fully saturated rings. The molecule has 1 aliphatic rings. The SMILES string of the molecule is CC1(C)CCC(OCc2ccc(N)nc2)CC1. The Kier molecular flexibility index (Phi) is 3.67. The number of hydrogen-bond acceptors (Lipinski definition) is 3. The number of aromatic nitrogens is 1. The van der Waals surface area contributed by atoms with E-state index in [2.05, 4.69) is 18.8 Å². The van der Waals surface area contributed by atoms with Crippen molar-refractivity contribution < 1.29 is 4.74 Å². The zero-order valence-electron chi connectivity index (χ0n) is 10.8. The maximum absolute atomic E-state index is 5.92. The minimum atomic E-state index is 0.417. The fourth-order valence-corrected chi connectivity index (χ4v) is 2.27. The molecule has 2 N–H and O–H groups in total. The number of nitrogens with two attached hydrogens (primary N) is 1. The Balaban J connectivity index is 1.78. The van der Waals surface area contributed by atoms with Crippen LogP contribution in [-0.4, -0.2) is 11.1 Å². The molecule has 0 bridgehead atoms. The highest BCUT2D eigenvalue weighted by Crippen LogP contribution is 2.36. The van der Waals surface area contributed by atoms with E-state index in [4.69, 9.17) is 10.5 Å². The summed E-state index contributed by atoms with van der Waals surface area (Å²) in [5.41, 5.74) is 7.15. The van der Waals surface area contributed by atoms with Crippen LogP contribution in [0.25, 0.3) is 0 Å². The van der Waals surface area contributed by atoms with Crippen LogP contribution < -0.4 is 5.73 Å². The van der Waals surface area contributed by atoms with Crippen LogP contribution >= 0.6 is 0 Å². The third-order valence-corrected chi connectivity index (χ3v) is 3.62. The molecule has 0 aliphatic heterocycles. The van der Waals surface area contributed by atoms with E-state index >= 15 is 0 Å². The van der Waals surface area contributed by atoms with Gasteiger partial charge >= 0.3 is 0 Å². The molecule has 1 heterocycles. The third-order valence-electron chi connectivity index (χ3n) is 3.62. The summed E-state index contributed by atoms with van der Waals surface area (Å²) in [7, 11) is 0. The summed E-state index contributed by atoms with van der Waals surface area (Å²) in [6, 6.07) is 3.80. The van der Waals surface area contributed by atoms with Crippen LogP contribution in [0.1, 0.15) is 45.1 Å². The molecule has 0 amide bonds. The molecule has 0 aromatic carbocycles. The molecule has 17 heavy (non-hydrogen) atoms. The first-order valence-electron chi connectivity index (χ1n) is 6.37. The van der Waals surface area contributed by atoms with E-state index in [1.54, 1.807) is 6.20 Å². The lowest BCUT2D eigenvalue weighted by Crippen LogP contribution is -2.26. The van der Waals surface area contributed by atoms with Gasteiger partial charge in [-0.3, -0.25) is 0 Å². The van der Waals surface area contributed by atoms with Gasteiger partial charge in [0.15, 0.2) is 0 Å². The highest BCUT2D eigenvalue weighted by Gasteiger charge is 2.26. The van der Waals surface area contributed by atoms with E-state index < -0.39 is 0 Å². The number of pyridine rings is 1. The molecule has 1 saturated carbocycles. The molecule has 0 radical (unpaired) electrons. The second-order valence-corrected chi connectivity index (χ2v) is 5.77. The van der Waals surface area contributed by atoms with E-state index in [1.165, 1.54) is 25.7 Å². The predicted octanol–water partition coefficient (Wildman–Crippen LogP) is 3.15. The standard InChI is InChI=1S/C14H22N2O/c1-14(2)7-5-12(6-8-14)17-10-11-3-4-13(15)16-9-11/h3-4,9,12H,5-8,10H2,1-2H3,(H2,15,16). The van der Waals surface area contributed by atoms with Crippen LogP contribution in [0, 0.1) is 5.41 Å². The van der Waals surface area contributed by atoms with Gasteiger partial charge in [0, 0.05) is 6.20 Å². The van der Waals surface area contributed by atoms with Crippen molar-refractivity contribution in [1.29, 1.82) is 0 Å². The van der Waals surface area contributed by atoms with Gasteiger partial charge in [0.05, 0.1) is 12.7 Å². The van der Waals surface area contributed by atoms with Gasteiger partial charge < -0.3 is 10.5 Å². The number of hydrogen-bond donors (Lipinski definition) is 1. The number of nitrogens with zero attached hydrogens (tertiary/aromatic N) is 1. The lowest BCUT2D eigenvalue weighted by atomic mass is 9.76. The van der Waals surface area contributed by atoms with Gasteiger partial charge in [0.2, 0.25) is 0 Å². The van der Waals surface area contributed by atoms with Crippen molar-refractivity contribution in [3.05, 3.63) is 23.9 Å². The van der Waals surface area contributed by atoms with Crippen molar-refractivity contribution in [2.75, 3.05) is 5.73 Å². The molecule has 1 aromatic rings. The summed E-state index contributed by atoms with van der Waals surface area (Å²) in [6.45, 7) is 5.33. The molecule has 0 saturated heterocycles. The predicted molar refractivity (Wildman–Crippen MR) is 69.5 cm³/mol. The minimum absolute atomic E-state index is 0.417. The maximum Gasteiger partial charge on any atom is 0.123 e. The van der Waals surface area contributed by atoms with Crippen molar-refractivity contribution >= 4 is 5.82 Å². The fraction of sp³-hybridized carbons (Fsp3) is 0.643. The molecular formula is C14H22N2O. The lowest BCUT2D eigenvalue weighted by Gasteiger charge is -2.34. The highest BCUT2D eigenvalue weighted by atomic mass is 16.5. The zero-order valence-corrected chi connectivity index (χ0v) is 10.8. The number of rotatable bonds is 3. The molecule has 2 rings (SSSR count). The van der Waals surface area contributed by atoms with Crippen molar-refractivity contribution in [3.8, 4) is 0 Å². The van der Waals surface area contributed by atoms with E-state index in [0.717, 1.165) is 5.56 Å². The topological polar surface area (TPSA) is 48.1 Å². The van der Waals surface area contributed by atoms with Crippen molar-refractivity contribution in [3.63, 3.8) is 0 Å². The van der Waals surface area contributed by atoms with E-state index in [9.17, 15) is 0 Å². The van der Waals surface area contributed by atoms with Crippen LogP contribution in [0.4, 0.5) is 5.82 Å². The monoisotopic (exact) mass is 234 g/mol. The van der Waals surface area contributed by atoms with E-state index in [-0.39, 0.29) is 0 Å². The Morgan fingerprint density at radius 1 is 1.35 bits per heavy atom. The Hall–Kier alpha value is -1.09. The largest absolute Gasteiger partial charge is 0.384 e. The van der Waals surface area contributed by atoms with Crippen LogP contribution in [0.5, 0.6) is 0 Å². The molecule has 1 aromatic heterocycles. The first kappa shape index (κ1) is 12.4. The van der Waals surface area contributed by atoms with Gasteiger partial charge in [-0.05, 0) is 42.7 Å². The second kappa shape index (κ2) is 5.05. The van der Waals surface area contributed by atoms with Gasteiger partial charge in [-0.15, -0.1) is 0 Å². The molecule has 0 atom stereocenters. The molecule has 0 spiro atoms. The number of anilines is 1. The molecular weight excluding hydrogens is 212 g/mol. The van der Waals surface area contributed by atoms with Crippen molar-refractivity contribution in [2.24, 2.45) is 5.41 Å². The van der Waals surface area contributed by atoms with E-state index in [1.807, 2.05) is 12.1 Å². The third kappa shape index (κ3) is 3.70. The summed E-state index contributed by atoms with van der Waals surface area (Å²) >= 11 is 0. The van der Waals surface area contributed by atoms with Crippen LogP contribution in [-0.2, 0) is 11.3 Å². The van der Waals surface area contributed by atoms with Crippen LogP contribution in [0.15, 0.2) is 18.3 Å².